The predicted molar refractivity (Wildman–Crippen MR) is 107 cm³/mol. The highest BCUT2D eigenvalue weighted by atomic mass is 16.7. The lowest BCUT2D eigenvalue weighted by Gasteiger charge is -2.32. The Morgan fingerprint density at radius 1 is 0.731 bits per heavy atom. The van der Waals surface area contributed by atoms with Crippen LogP contribution in [0.2, 0.25) is 0 Å². The van der Waals surface area contributed by atoms with Gasteiger partial charge in [-0.25, -0.2) is 0 Å². The van der Waals surface area contributed by atoms with Gasteiger partial charge in [0.05, 0.1) is 11.2 Å². The van der Waals surface area contributed by atoms with Crippen LogP contribution in [0.3, 0.4) is 0 Å². The van der Waals surface area contributed by atoms with Crippen LogP contribution in [0.25, 0.3) is 32.7 Å². The molecule has 0 atom stereocenters. The van der Waals surface area contributed by atoms with E-state index in [2.05, 4.69) is 58.0 Å². The Bertz CT molecular complexity index is 1140. The van der Waals surface area contributed by atoms with Crippen LogP contribution in [-0.2, 0) is 9.31 Å². The Morgan fingerprint density at radius 2 is 1.46 bits per heavy atom. The minimum absolute atomic E-state index is 0.346. The lowest BCUT2D eigenvalue weighted by Crippen LogP contribution is -2.41. The van der Waals surface area contributed by atoms with Crippen molar-refractivity contribution in [2.24, 2.45) is 0 Å². The molecule has 1 aromatic heterocycles. The lowest BCUT2D eigenvalue weighted by molar-refractivity contribution is 0.00578. The first-order chi connectivity index (χ1) is 12.4. The van der Waals surface area contributed by atoms with E-state index in [0.29, 0.717) is 0 Å². The zero-order valence-corrected chi connectivity index (χ0v) is 15.5. The van der Waals surface area contributed by atoms with Gasteiger partial charge in [-0.3, -0.25) is 0 Å². The Labute approximate surface area is 153 Å². The van der Waals surface area contributed by atoms with Gasteiger partial charge in [0.2, 0.25) is 0 Å². The normalized spacial score (nSPS) is 19.0. The second-order valence-corrected chi connectivity index (χ2v) is 8.11. The van der Waals surface area contributed by atoms with E-state index in [1.54, 1.807) is 0 Å². The number of hydrogen-bond acceptors (Lipinski definition) is 3. The molecular formula is C22H21BO3. The van der Waals surface area contributed by atoms with Gasteiger partial charge in [0.25, 0.3) is 0 Å². The third-order valence-corrected chi connectivity index (χ3v) is 5.91. The van der Waals surface area contributed by atoms with E-state index < -0.39 is 0 Å². The van der Waals surface area contributed by atoms with Gasteiger partial charge >= 0.3 is 7.12 Å². The summed E-state index contributed by atoms with van der Waals surface area (Å²) in [5.74, 6) is 0. The van der Waals surface area contributed by atoms with Crippen LogP contribution in [-0.4, -0.2) is 18.3 Å². The molecule has 26 heavy (non-hydrogen) atoms. The summed E-state index contributed by atoms with van der Waals surface area (Å²) in [7, 11) is -0.366. The van der Waals surface area contributed by atoms with Gasteiger partial charge in [-0.2, -0.15) is 0 Å². The molecule has 0 saturated carbocycles. The van der Waals surface area contributed by atoms with Gasteiger partial charge in [-0.1, -0.05) is 42.5 Å². The van der Waals surface area contributed by atoms with Crippen LogP contribution in [0.1, 0.15) is 27.7 Å². The van der Waals surface area contributed by atoms with Crippen LogP contribution in [0.4, 0.5) is 0 Å². The van der Waals surface area contributed by atoms with Crippen molar-refractivity contribution < 1.29 is 13.7 Å². The van der Waals surface area contributed by atoms with Crippen LogP contribution in [0, 0.1) is 0 Å². The van der Waals surface area contributed by atoms with Crippen molar-refractivity contribution in [2.45, 2.75) is 38.9 Å². The minimum Gasteiger partial charge on any atom is -0.455 e. The quantitative estimate of drug-likeness (QED) is 0.454. The molecule has 3 aromatic carbocycles. The highest BCUT2D eigenvalue weighted by Gasteiger charge is 2.51. The molecule has 4 aromatic rings. The number of furan rings is 1. The van der Waals surface area contributed by atoms with E-state index >= 15 is 0 Å². The molecule has 4 heteroatoms. The third kappa shape index (κ3) is 2.16. The molecule has 1 aliphatic rings. The highest BCUT2D eigenvalue weighted by Crippen LogP contribution is 2.37. The van der Waals surface area contributed by atoms with Crippen LogP contribution in [0.15, 0.2) is 59.0 Å². The molecule has 0 amide bonds. The average Bonchev–Trinajstić information content (AvgIpc) is 3.08. The molecular weight excluding hydrogens is 323 g/mol. The van der Waals surface area contributed by atoms with Crippen LogP contribution in [0.5, 0.6) is 0 Å². The highest BCUT2D eigenvalue weighted by molar-refractivity contribution is 6.62. The fourth-order valence-corrected chi connectivity index (χ4v) is 3.65. The molecule has 1 fully saturated rings. The Morgan fingerprint density at radius 3 is 2.23 bits per heavy atom. The van der Waals surface area contributed by atoms with Gasteiger partial charge in [0, 0.05) is 16.2 Å². The molecule has 2 heterocycles. The summed E-state index contributed by atoms with van der Waals surface area (Å²) in [6, 6.07) is 18.8. The van der Waals surface area contributed by atoms with E-state index in [9.17, 15) is 0 Å². The third-order valence-electron chi connectivity index (χ3n) is 5.91. The summed E-state index contributed by atoms with van der Waals surface area (Å²) in [5.41, 5.74) is 2.15. The number of fused-ring (bicyclic) bond motifs is 5. The molecule has 0 N–H and O–H groups in total. The van der Waals surface area contributed by atoms with E-state index in [0.717, 1.165) is 32.8 Å². The van der Waals surface area contributed by atoms with Gasteiger partial charge in [-0.05, 0) is 50.7 Å². The maximum Gasteiger partial charge on any atom is 0.494 e. The van der Waals surface area contributed by atoms with Crippen molar-refractivity contribution in [3.8, 4) is 0 Å². The van der Waals surface area contributed by atoms with Crippen LogP contribution >= 0.6 is 0 Å². The second kappa shape index (κ2) is 5.12. The lowest BCUT2D eigenvalue weighted by atomic mass is 9.78. The smallest absolute Gasteiger partial charge is 0.455 e. The summed E-state index contributed by atoms with van der Waals surface area (Å²) in [4.78, 5) is 0. The maximum atomic E-state index is 6.21. The largest absolute Gasteiger partial charge is 0.494 e. The first-order valence-electron chi connectivity index (χ1n) is 9.05. The standard InChI is InChI=1S/C22H21BO3/c1-21(2)22(3,4)26-23(25-21)15-10-12-19-18(13-15)17-11-9-14-7-5-6-8-16(14)20(17)24-19/h5-13H,1-4H3. The zero-order chi connectivity index (χ0) is 18.1. The first-order valence-corrected chi connectivity index (χ1v) is 9.05. The Kier molecular flexibility index (Phi) is 3.14. The topological polar surface area (TPSA) is 31.6 Å². The SMILES string of the molecule is CC1(C)OB(c2ccc3oc4c5ccccc5ccc4c3c2)OC1(C)C. The average molecular weight is 344 g/mol. The Hall–Kier alpha value is -2.30. The number of hydrogen-bond donors (Lipinski definition) is 0. The van der Waals surface area contributed by atoms with Crippen molar-refractivity contribution in [3.05, 3.63) is 54.6 Å². The molecule has 1 saturated heterocycles. The number of benzene rings is 3. The summed E-state index contributed by atoms with van der Waals surface area (Å²) >= 11 is 0. The van der Waals surface area contributed by atoms with Gasteiger partial charge in [-0.15, -0.1) is 0 Å². The monoisotopic (exact) mass is 344 g/mol. The van der Waals surface area contributed by atoms with E-state index in [1.807, 2.05) is 24.3 Å². The fourth-order valence-electron chi connectivity index (χ4n) is 3.65. The summed E-state index contributed by atoms with van der Waals surface area (Å²) in [5, 5.41) is 4.54. The summed E-state index contributed by atoms with van der Waals surface area (Å²) in [6.07, 6.45) is 0. The van der Waals surface area contributed by atoms with Gasteiger partial charge < -0.3 is 13.7 Å². The van der Waals surface area contributed by atoms with Crippen molar-refractivity contribution >= 4 is 45.3 Å². The summed E-state index contributed by atoms with van der Waals surface area (Å²) < 4.78 is 18.6. The van der Waals surface area contributed by atoms with Crippen molar-refractivity contribution in [2.75, 3.05) is 0 Å². The molecule has 0 spiro atoms. The molecule has 0 unspecified atom stereocenters. The second-order valence-electron chi connectivity index (χ2n) is 8.11. The number of rotatable bonds is 1. The van der Waals surface area contributed by atoms with E-state index in [4.69, 9.17) is 13.7 Å². The van der Waals surface area contributed by atoms with E-state index in [-0.39, 0.29) is 18.3 Å². The molecule has 0 aliphatic carbocycles. The zero-order valence-electron chi connectivity index (χ0n) is 15.5. The molecule has 0 bridgehead atoms. The van der Waals surface area contributed by atoms with Gasteiger partial charge in [0.1, 0.15) is 11.2 Å². The maximum absolute atomic E-state index is 6.21. The van der Waals surface area contributed by atoms with Crippen molar-refractivity contribution in [3.63, 3.8) is 0 Å². The van der Waals surface area contributed by atoms with Crippen molar-refractivity contribution in [1.82, 2.24) is 0 Å². The van der Waals surface area contributed by atoms with E-state index in [1.165, 1.54) is 5.39 Å². The van der Waals surface area contributed by atoms with Gasteiger partial charge in [0.15, 0.2) is 0 Å². The molecule has 1 aliphatic heterocycles. The first kappa shape index (κ1) is 15.9. The van der Waals surface area contributed by atoms with Crippen LogP contribution < -0.4 is 5.46 Å². The molecule has 130 valence electrons. The fraction of sp³-hybridized carbons (Fsp3) is 0.273. The summed E-state index contributed by atoms with van der Waals surface area (Å²) in [6.45, 7) is 8.30. The minimum atomic E-state index is -0.366. The van der Waals surface area contributed by atoms with Crippen molar-refractivity contribution in [1.29, 1.82) is 0 Å². The molecule has 0 radical (unpaired) electrons. The molecule has 5 rings (SSSR count). The Balaban J connectivity index is 1.68. The molecule has 3 nitrogen and oxygen atoms in total. The predicted octanol–water partition coefficient (Wildman–Crippen LogP) is 5.04.